The van der Waals surface area contributed by atoms with Crippen LogP contribution < -0.4 is 22.1 Å². The number of primary amides is 1. The van der Waals surface area contributed by atoms with Crippen molar-refractivity contribution in [3.63, 3.8) is 0 Å². The second kappa shape index (κ2) is 12.2. The summed E-state index contributed by atoms with van der Waals surface area (Å²) in [5.74, 6) is -3.67. The molecule has 13 nitrogen and oxygen atoms in total. The molecule has 1 saturated heterocycles. The molecule has 14 heteroatoms. The van der Waals surface area contributed by atoms with Crippen LogP contribution >= 0.6 is 12.6 Å². The molecule has 1 aliphatic rings. The number of carbonyl (C=O) groups excluding carboxylic acids is 4. The van der Waals surface area contributed by atoms with Crippen LogP contribution in [0.15, 0.2) is 12.5 Å². The van der Waals surface area contributed by atoms with Crippen LogP contribution in [-0.2, 0) is 30.4 Å². The van der Waals surface area contributed by atoms with Gasteiger partial charge in [-0.3, -0.25) is 19.2 Å². The normalized spacial score (nSPS) is 18.2. The Kier molecular flexibility index (Phi) is 9.66. The van der Waals surface area contributed by atoms with Crippen LogP contribution in [0.5, 0.6) is 0 Å². The Morgan fingerprint density at radius 2 is 2.00 bits per heavy atom. The monoisotopic (exact) mass is 483 g/mol. The maximum Gasteiger partial charge on any atom is 0.326 e. The molecule has 1 fully saturated rings. The van der Waals surface area contributed by atoms with E-state index in [9.17, 15) is 29.1 Å². The fourth-order valence-electron chi connectivity index (χ4n) is 3.49. The van der Waals surface area contributed by atoms with Gasteiger partial charge in [-0.2, -0.15) is 12.6 Å². The van der Waals surface area contributed by atoms with Crippen LogP contribution in [0.4, 0.5) is 0 Å². The highest BCUT2D eigenvalue weighted by Crippen LogP contribution is 2.20. The standard InChI is InChI=1S/C19H29N7O6S/c20-11(8-33)16(28)24-12(3-4-15(21)27)18(30)26-5-1-2-14(26)17(29)25-13(19(31)32)6-10-7-22-9-23-10/h7,9,11-14,33H,1-6,8,20H2,(H2,21,27)(H,22,23)(H,24,28)(H,25,29)(H,31,32). The minimum Gasteiger partial charge on any atom is -0.480 e. The molecule has 0 aromatic carbocycles. The van der Waals surface area contributed by atoms with Crippen molar-refractivity contribution in [2.75, 3.05) is 12.3 Å². The number of nitrogens with zero attached hydrogens (tertiary/aromatic N) is 2. The first-order chi connectivity index (χ1) is 15.6. The summed E-state index contributed by atoms with van der Waals surface area (Å²) in [4.78, 5) is 69.0. The van der Waals surface area contributed by atoms with Crippen molar-refractivity contribution in [1.82, 2.24) is 25.5 Å². The molecule has 4 amide bonds. The molecule has 0 bridgehead atoms. The fraction of sp³-hybridized carbons (Fsp3) is 0.579. The Balaban J connectivity index is 2.12. The molecule has 1 aliphatic heterocycles. The maximum absolute atomic E-state index is 13.2. The molecule has 33 heavy (non-hydrogen) atoms. The summed E-state index contributed by atoms with van der Waals surface area (Å²) >= 11 is 3.96. The van der Waals surface area contributed by atoms with Crippen molar-refractivity contribution in [3.8, 4) is 0 Å². The molecule has 2 heterocycles. The van der Waals surface area contributed by atoms with Crippen LogP contribution in [0.25, 0.3) is 0 Å². The highest BCUT2D eigenvalue weighted by Gasteiger charge is 2.39. The third kappa shape index (κ3) is 7.46. The van der Waals surface area contributed by atoms with Gasteiger partial charge < -0.3 is 37.1 Å². The van der Waals surface area contributed by atoms with Gasteiger partial charge in [0.1, 0.15) is 18.1 Å². The molecule has 1 aromatic rings. The number of carboxylic acids is 1. The number of thiol groups is 1. The number of aromatic amines is 1. The average molecular weight is 484 g/mol. The molecule has 4 atom stereocenters. The zero-order valence-corrected chi connectivity index (χ0v) is 18.8. The van der Waals surface area contributed by atoms with Crippen molar-refractivity contribution in [3.05, 3.63) is 18.2 Å². The molecule has 0 aliphatic carbocycles. The van der Waals surface area contributed by atoms with E-state index in [4.69, 9.17) is 11.5 Å². The van der Waals surface area contributed by atoms with Crippen LogP contribution in [0, 0.1) is 0 Å². The lowest BCUT2D eigenvalue weighted by molar-refractivity contribution is -0.145. The SMILES string of the molecule is NC(=O)CCC(NC(=O)C(N)CS)C(=O)N1CCCC1C(=O)NC(Cc1cnc[nH]1)C(=O)O. The van der Waals surface area contributed by atoms with Crippen molar-refractivity contribution >= 4 is 42.2 Å². The van der Waals surface area contributed by atoms with Crippen molar-refractivity contribution < 1.29 is 29.1 Å². The Hall–Kier alpha value is -3.13. The van der Waals surface area contributed by atoms with E-state index in [1.54, 1.807) is 0 Å². The number of nitrogens with one attached hydrogen (secondary N) is 3. The van der Waals surface area contributed by atoms with Gasteiger partial charge in [-0.05, 0) is 19.3 Å². The number of likely N-dealkylation sites (tertiary alicyclic amines) is 1. The number of hydrogen-bond donors (Lipinski definition) is 7. The topological polar surface area (TPSA) is 214 Å². The van der Waals surface area contributed by atoms with Gasteiger partial charge in [-0.1, -0.05) is 0 Å². The summed E-state index contributed by atoms with van der Waals surface area (Å²) in [6.45, 7) is 0.233. The zero-order valence-electron chi connectivity index (χ0n) is 17.9. The predicted octanol–water partition coefficient (Wildman–Crippen LogP) is -2.48. The minimum atomic E-state index is -1.24. The van der Waals surface area contributed by atoms with Gasteiger partial charge in [0.25, 0.3) is 0 Å². The van der Waals surface area contributed by atoms with Gasteiger partial charge in [0, 0.05) is 37.0 Å². The maximum atomic E-state index is 13.2. The lowest BCUT2D eigenvalue weighted by Crippen LogP contribution is -2.57. The van der Waals surface area contributed by atoms with Crippen molar-refractivity contribution in [2.24, 2.45) is 11.5 Å². The summed E-state index contributed by atoms with van der Waals surface area (Å²) in [5.41, 5.74) is 11.4. The molecule has 0 radical (unpaired) electrons. The summed E-state index contributed by atoms with van der Waals surface area (Å²) in [6, 6.07) is -4.24. The van der Waals surface area contributed by atoms with Crippen LogP contribution in [0.2, 0.25) is 0 Å². The molecule has 2 rings (SSSR count). The summed E-state index contributed by atoms with van der Waals surface area (Å²) in [6.07, 6.45) is 3.43. The molecule has 182 valence electrons. The number of nitrogens with two attached hydrogens (primary N) is 2. The van der Waals surface area contributed by atoms with Crippen LogP contribution in [0.3, 0.4) is 0 Å². The Morgan fingerprint density at radius 1 is 1.27 bits per heavy atom. The molecule has 1 aromatic heterocycles. The van der Waals surface area contributed by atoms with Gasteiger partial charge in [-0.25, -0.2) is 9.78 Å². The number of aliphatic carboxylic acids is 1. The lowest BCUT2D eigenvalue weighted by Gasteiger charge is -2.29. The number of rotatable bonds is 12. The van der Waals surface area contributed by atoms with Gasteiger partial charge in [0.2, 0.25) is 23.6 Å². The number of hydrogen-bond acceptors (Lipinski definition) is 8. The number of carbonyl (C=O) groups is 5. The molecule has 0 spiro atoms. The van der Waals surface area contributed by atoms with Gasteiger partial charge in [0.05, 0.1) is 12.4 Å². The number of carboxylic acid groups (broad SMARTS) is 1. The second-order valence-corrected chi connectivity index (χ2v) is 8.09. The van der Waals surface area contributed by atoms with E-state index in [-0.39, 0.29) is 31.6 Å². The third-order valence-corrected chi connectivity index (χ3v) is 5.65. The molecule has 0 saturated carbocycles. The van der Waals surface area contributed by atoms with E-state index in [0.717, 1.165) is 0 Å². The first-order valence-electron chi connectivity index (χ1n) is 10.4. The zero-order chi connectivity index (χ0) is 24.5. The Labute approximate surface area is 195 Å². The minimum absolute atomic E-state index is 0.0132. The molecule has 4 unspecified atom stereocenters. The average Bonchev–Trinajstić information content (AvgIpc) is 3.46. The quantitative estimate of drug-likeness (QED) is 0.158. The van der Waals surface area contributed by atoms with Gasteiger partial charge >= 0.3 is 5.97 Å². The van der Waals surface area contributed by atoms with E-state index in [2.05, 4.69) is 33.2 Å². The van der Waals surface area contributed by atoms with E-state index in [1.807, 2.05) is 0 Å². The Bertz CT molecular complexity index is 865. The first-order valence-corrected chi connectivity index (χ1v) is 11.0. The number of aromatic nitrogens is 2. The number of amides is 4. The van der Waals surface area contributed by atoms with E-state index >= 15 is 0 Å². The Morgan fingerprint density at radius 3 is 2.58 bits per heavy atom. The molecule has 8 N–H and O–H groups in total. The highest BCUT2D eigenvalue weighted by molar-refractivity contribution is 7.80. The number of H-pyrrole nitrogens is 1. The molecular weight excluding hydrogens is 454 g/mol. The van der Waals surface area contributed by atoms with E-state index < -0.39 is 53.8 Å². The smallest absolute Gasteiger partial charge is 0.326 e. The first kappa shape index (κ1) is 26.1. The summed E-state index contributed by atoms with van der Waals surface area (Å²) < 4.78 is 0. The molecular formula is C19H29N7O6S. The van der Waals surface area contributed by atoms with E-state index in [0.29, 0.717) is 18.5 Å². The van der Waals surface area contributed by atoms with Crippen LogP contribution in [-0.4, -0.2) is 86.0 Å². The third-order valence-electron chi connectivity index (χ3n) is 5.26. The predicted molar refractivity (Wildman–Crippen MR) is 119 cm³/mol. The van der Waals surface area contributed by atoms with Gasteiger partial charge in [-0.15, -0.1) is 0 Å². The van der Waals surface area contributed by atoms with Crippen LogP contribution in [0.1, 0.15) is 31.4 Å². The second-order valence-electron chi connectivity index (χ2n) is 7.73. The van der Waals surface area contributed by atoms with E-state index in [1.165, 1.54) is 17.4 Å². The highest BCUT2D eigenvalue weighted by atomic mass is 32.1. The largest absolute Gasteiger partial charge is 0.480 e. The summed E-state index contributed by atoms with van der Waals surface area (Å²) in [5, 5.41) is 14.5. The summed E-state index contributed by atoms with van der Waals surface area (Å²) in [7, 11) is 0. The lowest BCUT2D eigenvalue weighted by atomic mass is 10.1. The van der Waals surface area contributed by atoms with Gasteiger partial charge in [0.15, 0.2) is 0 Å². The van der Waals surface area contributed by atoms with Crippen molar-refractivity contribution in [1.29, 1.82) is 0 Å². The number of imidazole rings is 1. The fourth-order valence-corrected chi connectivity index (χ4v) is 3.66. The van der Waals surface area contributed by atoms with Crippen molar-refractivity contribution in [2.45, 2.75) is 56.3 Å².